The average molecular weight is 229 g/mol. The number of alkyl halides is 3. The number of rotatable bonds is 1. The third kappa shape index (κ3) is 1.82. The largest absolute Gasteiger partial charge is 0.416 e. The normalized spacial score (nSPS) is 19.3. The molecular weight excluding hydrogens is 215 g/mol. The minimum atomic E-state index is -4.29. The molecule has 0 aromatic heterocycles. The second-order valence-corrected chi connectivity index (χ2v) is 4.54. The number of halogens is 3. The van der Waals surface area contributed by atoms with Crippen molar-refractivity contribution in [1.29, 1.82) is 0 Å². The van der Waals surface area contributed by atoms with Crippen molar-refractivity contribution in [2.75, 3.05) is 0 Å². The fourth-order valence-electron chi connectivity index (χ4n) is 2.08. The molecule has 0 atom stereocenters. The standard InChI is InChI=1S/C12H14F3N/c1-8-3-4-9(11(16)5-2-6-11)7-10(8)12(13,14)15/h3-4,7H,2,5-6,16H2,1H3. The van der Waals surface area contributed by atoms with Crippen LogP contribution in [0.3, 0.4) is 0 Å². The molecule has 0 saturated heterocycles. The van der Waals surface area contributed by atoms with E-state index in [-0.39, 0.29) is 5.56 Å². The van der Waals surface area contributed by atoms with Gasteiger partial charge in [0.25, 0.3) is 0 Å². The molecule has 1 aliphatic carbocycles. The molecule has 1 fully saturated rings. The second kappa shape index (κ2) is 3.48. The van der Waals surface area contributed by atoms with Gasteiger partial charge in [-0.05, 0) is 43.4 Å². The van der Waals surface area contributed by atoms with E-state index in [0.29, 0.717) is 5.56 Å². The van der Waals surface area contributed by atoms with Crippen LogP contribution in [0.25, 0.3) is 0 Å². The molecule has 2 N–H and O–H groups in total. The number of hydrogen-bond acceptors (Lipinski definition) is 1. The summed E-state index contributed by atoms with van der Waals surface area (Å²) in [5.41, 5.74) is 5.77. The zero-order valence-electron chi connectivity index (χ0n) is 9.06. The van der Waals surface area contributed by atoms with Crippen LogP contribution in [0.5, 0.6) is 0 Å². The van der Waals surface area contributed by atoms with E-state index in [1.165, 1.54) is 19.1 Å². The van der Waals surface area contributed by atoms with Gasteiger partial charge < -0.3 is 5.73 Å². The van der Waals surface area contributed by atoms with Crippen molar-refractivity contribution >= 4 is 0 Å². The van der Waals surface area contributed by atoms with Crippen LogP contribution < -0.4 is 5.73 Å². The van der Waals surface area contributed by atoms with Crippen LogP contribution in [0.4, 0.5) is 13.2 Å². The zero-order chi connectivity index (χ0) is 12.0. The first-order chi connectivity index (χ1) is 7.33. The third-order valence-electron chi connectivity index (χ3n) is 3.36. The first-order valence-electron chi connectivity index (χ1n) is 5.30. The van der Waals surface area contributed by atoms with Gasteiger partial charge in [0.15, 0.2) is 0 Å². The third-order valence-corrected chi connectivity index (χ3v) is 3.36. The first-order valence-corrected chi connectivity index (χ1v) is 5.30. The maximum atomic E-state index is 12.7. The summed E-state index contributed by atoms with van der Waals surface area (Å²) in [4.78, 5) is 0. The Kier molecular flexibility index (Phi) is 2.49. The Morgan fingerprint density at radius 3 is 2.31 bits per heavy atom. The molecule has 0 aliphatic heterocycles. The highest BCUT2D eigenvalue weighted by atomic mass is 19.4. The number of benzene rings is 1. The number of aryl methyl sites for hydroxylation is 1. The predicted molar refractivity (Wildman–Crippen MR) is 55.9 cm³/mol. The van der Waals surface area contributed by atoms with Crippen LogP contribution in [0.2, 0.25) is 0 Å². The lowest BCUT2D eigenvalue weighted by Gasteiger charge is -2.39. The fourth-order valence-corrected chi connectivity index (χ4v) is 2.08. The van der Waals surface area contributed by atoms with Crippen LogP contribution in [0.1, 0.15) is 36.0 Å². The smallest absolute Gasteiger partial charge is 0.321 e. The summed E-state index contributed by atoms with van der Waals surface area (Å²) in [6.45, 7) is 1.47. The molecule has 0 bridgehead atoms. The van der Waals surface area contributed by atoms with E-state index in [4.69, 9.17) is 5.73 Å². The molecule has 16 heavy (non-hydrogen) atoms. The molecule has 88 valence electrons. The molecule has 1 aromatic carbocycles. The van der Waals surface area contributed by atoms with Gasteiger partial charge in [0.05, 0.1) is 5.56 Å². The molecule has 0 radical (unpaired) electrons. The van der Waals surface area contributed by atoms with Crippen molar-refractivity contribution in [3.05, 3.63) is 34.9 Å². The van der Waals surface area contributed by atoms with Gasteiger partial charge >= 0.3 is 6.18 Å². The highest BCUT2D eigenvalue weighted by molar-refractivity contribution is 5.37. The molecule has 0 amide bonds. The van der Waals surface area contributed by atoms with Crippen LogP contribution in [0.15, 0.2) is 18.2 Å². The van der Waals surface area contributed by atoms with E-state index in [9.17, 15) is 13.2 Å². The lowest BCUT2D eigenvalue weighted by Crippen LogP contribution is -2.43. The summed E-state index contributed by atoms with van der Waals surface area (Å²) in [7, 11) is 0. The molecule has 2 rings (SSSR count). The molecule has 0 unspecified atom stereocenters. The van der Waals surface area contributed by atoms with Gasteiger partial charge in [-0.1, -0.05) is 12.1 Å². The van der Waals surface area contributed by atoms with Gasteiger partial charge in [-0.15, -0.1) is 0 Å². The molecule has 1 nitrogen and oxygen atoms in total. The molecule has 0 heterocycles. The highest BCUT2D eigenvalue weighted by Crippen LogP contribution is 2.41. The Labute approximate surface area is 92.5 Å². The second-order valence-electron chi connectivity index (χ2n) is 4.54. The topological polar surface area (TPSA) is 26.0 Å². The minimum Gasteiger partial charge on any atom is -0.321 e. The van der Waals surface area contributed by atoms with Gasteiger partial charge in [-0.2, -0.15) is 13.2 Å². The van der Waals surface area contributed by atoms with E-state index >= 15 is 0 Å². The van der Waals surface area contributed by atoms with Crippen molar-refractivity contribution in [3.8, 4) is 0 Å². The summed E-state index contributed by atoms with van der Waals surface area (Å²) in [5.74, 6) is 0. The SMILES string of the molecule is Cc1ccc(C2(N)CCC2)cc1C(F)(F)F. The quantitative estimate of drug-likeness (QED) is 0.785. The minimum absolute atomic E-state index is 0.249. The van der Waals surface area contributed by atoms with Crippen molar-refractivity contribution in [2.24, 2.45) is 5.73 Å². The van der Waals surface area contributed by atoms with Crippen molar-refractivity contribution in [1.82, 2.24) is 0 Å². The molecule has 0 spiro atoms. The maximum Gasteiger partial charge on any atom is 0.416 e. The Morgan fingerprint density at radius 2 is 1.88 bits per heavy atom. The monoisotopic (exact) mass is 229 g/mol. The maximum absolute atomic E-state index is 12.7. The molecule has 1 saturated carbocycles. The Morgan fingerprint density at radius 1 is 1.25 bits per heavy atom. The number of hydrogen-bond donors (Lipinski definition) is 1. The van der Waals surface area contributed by atoms with Gasteiger partial charge in [-0.3, -0.25) is 0 Å². The van der Waals surface area contributed by atoms with E-state index in [2.05, 4.69) is 0 Å². The zero-order valence-corrected chi connectivity index (χ0v) is 9.06. The van der Waals surface area contributed by atoms with Crippen LogP contribution in [-0.2, 0) is 11.7 Å². The fraction of sp³-hybridized carbons (Fsp3) is 0.500. The van der Waals surface area contributed by atoms with Gasteiger partial charge in [-0.25, -0.2) is 0 Å². The molecule has 1 aromatic rings. The van der Waals surface area contributed by atoms with E-state index < -0.39 is 17.3 Å². The molecular formula is C12H14F3N. The summed E-state index contributed by atoms with van der Waals surface area (Å²) in [6, 6.07) is 4.42. The summed E-state index contributed by atoms with van der Waals surface area (Å²) >= 11 is 0. The summed E-state index contributed by atoms with van der Waals surface area (Å²) < 4.78 is 38.1. The van der Waals surface area contributed by atoms with Gasteiger partial charge in [0.2, 0.25) is 0 Å². The lowest BCUT2D eigenvalue weighted by atomic mass is 9.72. The van der Waals surface area contributed by atoms with E-state index in [0.717, 1.165) is 19.3 Å². The van der Waals surface area contributed by atoms with Gasteiger partial charge in [0.1, 0.15) is 0 Å². The van der Waals surface area contributed by atoms with Crippen molar-refractivity contribution in [3.63, 3.8) is 0 Å². The van der Waals surface area contributed by atoms with E-state index in [1.807, 2.05) is 0 Å². The highest BCUT2D eigenvalue weighted by Gasteiger charge is 2.38. The van der Waals surface area contributed by atoms with Crippen LogP contribution in [-0.4, -0.2) is 0 Å². The van der Waals surface area contributed by atoms with E-state index in [1.54, 1.807) is 6.07 Å². The van der Waals surface area contributed by atoms with Gasteiger partial charge in [0, 0.05) is 5.54 Å². The summed E-state index contributed by atoms with van der Waals surface area (Å²) in [6.07, 6.45) is -1.76. The predicted octanol–water partition coefficient (Wildman–Crippen LogP) is 3.35. The van der Waals surface area contributed by atoms with Crippen LogP contribution >= 0.6 is 0 Å². The van der Waals surface area contributed by atoms with Crippen molar-refractivity contribution < 1.29 is 13.2 Å². The first kappa shape index (κ1) is 11.5. The van der Waals surface area contributed by atoms with Crippen LogP contribution in [0, 0.1) is 6.92 Å². The number of nitrogens with two attached hydrogens (primary N) is 1. The molecule has 1 aliphatic rings. The Bertz CT molecular complexity index is 405. The lowest BCUT2D eigenvalue weighted by molar-refractivity contribution is -0.138. The summed E-state index contributed by atoms with van der Waals surface area (Å²) in [5, 5.41) is 0. The Balaban J connectivity index is 2.43. The average Bonchev–Trinajstić information content (AvgIpc) is 2.13. The Hall–Kier alpha value is -1.03. The van der Waals surface area contributed by atoms with Crippen molar-refractivity contribution in [2.45, 2.75) is 37.9 Å². The molecule has 4 heteroatoms.